The highest BCUT2D eigenvalue weighted by molar-refractivity contribution is 6.31. The number of hydrogen-bond donors (Lipinski definition) is 1. The maximum atomic E-state index is 13.4. The first-order valence-electron chi connectivity index (χ1n) is 11.6. The molecule has 0 saturated heterocycles. The summed E-state index contributed by atoms with van der Waals surface area (Å²) in [6.45, 7) is 0. The maximum Gasteiger partial charge on any atom is 0.225 e. The van der Waals surface area contributed by atoms with E-state index in [1.54, 1.807) is 7.11 Å². The molecule has 5 nitrogen and oxygen atoms in total. The summed E-state index contributed by atoms with van der Waals surface area (Å²) in [5.41, 5.74) is 12.0. The van der Waals surface area contributed by atoms with Gasteiger partial charge in [-0.15, -0.1) is 0 Å². The van der Waals surface area contributed by atoms with Gasteiger partial charge in [0.2, 0.25) is 5.88 Å². The van der Waals surface area contributed by atoms with E-state index in [0.29, 0.717) is 57.8 Å². The molecule has 0 bridgehead atoms. The molecule has 2 unspecified atom stereocenters. The Bertz CT molecular complexity index is 1470. The van der Waals surface area contributed by atoms with E-state index in [9.17, 15) is 4.79 Å². The van der Waals surface area contributed by atoms with Gasteiger partial charge in [-0.25, -0.2) is 4.98 Å². The molecule has 1 aromatic heterocycles. The average molecular weight is 483 g/mol. The van der Waals surface area contributed by atoms with Crippen molar-refractivity contribution in [2.75, 3.05) is 12.8 Å². The van der Waals surface area contributed by atoms with E-state index in [-0.39, 0.29) is 17.6 Å². The number of benzene rings is 3. The summed E-state index contributed by atoms with van der Waals surface area (Å²) < 4.78 is 11.7. The van der Waals surface area contributed by atoms with E-state index in [2.05, 4.69) is 12.1 Å². The van der Waals surface area contributed by atoms with E-state index in [4.69, 9.17) is 31.8 Å². The molecule has 6 rings (SSSR count). The van der Waals surface area contributed by atoms with Crippen LogP contribution in [0.5, 0.6) is 17.4 Å². The lowest BCUT2D eigenvalue weighted by Gasteiger charge is -2.33. The SMILES string of the molecule is COc1ccc2c(c1)Oc1nc3c(c(N)c1C2c1ccccc1Cl)C(=O)CC(c1ccccc1)C3. The highest BCUT2D eigenvalue weighted by Gasteiger charge is 2.38. The van der Waals surface area contributed by atoms with Crippen LogP contribution in [0.15, 0.2) is 72.8 Å². The van der Waals surface area contributed by atoms with Crippen molar-refractivity contribution in [1.29, 1.82) is 0 Å². The first-order chi connectivity index (χ1) is 17.0. The van der Waals surface area contributed by atoms with Gasteiger partial charge in [0.1, 0.15) is 11.5 Å². The zero-order valence-corrected chi connectivity index (χ0v) is 19.9. The molecule has 0 radical (unpaired) electrons. The Kier molecular flexibility index (Phi) is 5.23. The molecule has 2 aliphatic rings. The molecule has 35 heavy (non-hydrogen) atoms. The van der Waals surface area contributed by atoms with Crippen molar-refractivity contribution >= 4 is 23.1 Å². The Morgan fingerprint density at radius 2 is 1.77 bits per heavy atom. The number of rotatable bonds is 3. The number of carbonyl (C=O) groups is 1. The van der Waals surface area contributed by atoms with Crippen LogP contribution in [0.3, 0.4) is 0 Å². The number of aromatic nitrogens is 1. The lowest BCUT2D eigenvalue weighted by atomic mass is 9.77. The third kappa shape index (κ3) is 3.55. The van der Waals surface area contributed by atoms with Crippen molar-refractivity contribution in [1.82, 2.24) is 4.98 Å². The molecule has 0 spiro atoms. The molecular formula is C29H23ClN2O3. The summed E-state index contributed by atoms with van der Waals surface area (Å²) in [5.74, 6) is 1.45. The van der Waals surface area contributed by atoms with Crippen LogP contribution in [0.25, 0.3) is 0 Å². The number of nitrogens with two attached hydrogens (primary N) is 1. The molecule has 6 heteroatoms. The number of nitrogens with zero attached hydrogens (tertiary/aromatic N) is 1. The fourth-order valence-corrected chi connectivity index (χ4v) is 5.56. The summed E-state index contributed by atoms with van der Waals surface area (Å²) in [7, 11) is 1.62. The lowest BCUT2D eigenvalue weighted by Crippen LogP contribution is -2.25. The van der Waals surface area contributed by atoms with E-state index >= 15 is 0 Å². The number of methoxy groups -OCH3 is 1. The predicted molar refractivity (Wildman–Crippen MR) is 136 cm³/mol. The highest BCUT2D eigenvalue weighted by Crippen LogP contribution is 2.52. The summed E-state index contributed by atoms with van der Waals surface area (Å²) >= 11 is 6.67. The number of ketones is 1. The van der Waals surface area contributed by atoms with E-state index < -0.39 is 0 Å². The molecule has 4 aromatic rings. The number of nitrogen functional groups attached to an aromatic ring is 1. The van der Waals surface area contributed by atoms with Gasteiger partial charge in [-0.05, 0) is 35.6 Å². The quantitative estimate of drug-likeness (QED) is 0.316. The Balaban J connectivity index is 1.55. The second-order valence-corrected chi connectivity index (χ2v) is 9.37. The highest BCUT2D eigenvalue weighted by atomic mass is 35.5. The van der Waals surface area contributed by atoms with Crippen LogP contribution in [0.4, 0.5) is 5.69 Å². The number of ether oxygens (including phenoxy) is 2. The van der Waals surface area contributed by atoms with Gasteiger partial charge in [-0.2, -0.15) is 0 Å². The average Bonchev–Trinajstić information content (AvgIpc) is 2.87. The molecule has 174 valence electrons. The van der Waals surface area contributed by atoms with Crippen LogP contribution < -0.4 is 15.2 Å². The van der Waals surface area contributed by atoms with Gasteiger partial charge in [-0.3, -0.25) is 4.79 Å². The van der Waals surface area contributed by atoms with Gasteiger partial charge >= 0.3 is 0 Å². The number of anilines is 1. The summed E-state index contributed by atoms with van der Waals surface area (Å²) in [4.78, 5) is 18.3. The first-order valence-corrected chi connectivity index (χ1v) is 11.9. The maximum absolute atomic E-state index is 13.4. The van der Waals surface area contributed by atoms with Gasteiger partial charge in [-0.1, -0.05) is 66.2 Å². The van der Waals surface area contributed by atoms with Gasteiger partial charge in [0, 0.05) is 29.0 Å². The van der Waals surface area contributed by atoms with E-state index in [1.807, 2.05) is 60.7 Å². The van der Waals surface area contributed by atoms with Crippen molar-refractivity contribution in [2.45, 2.75) is 24.7 Å². The van der Waals surface area contributed by atoms with Gasteiger partial charge in [0.05, 0.1) is 29.6 Å². The first kappa shape index (κ1) is 21.7. The standard InChI is InChI=1S/C29H23ClN2O3/c1-34-18-11-12-20-24(15-18)35-29-27(25(20)19-9-5-6-10-21(19)30)28(31)26-22(32-29)13-17(14-23(26)33)16-7-3-2-4-8-16/h2-12,15,17,25H,13-14H2,1H3,(H2,31,32). The third-order valence-electron chi connectivity index (χ3n) is 6.98. The number of halogens is 1. The number of fused-ring (bicyclic) bond motifs is 3. The number of Topliss-reactive ketones (excluding diaryl/α,β-unsaturated/α-hetero) is 1. The number of carbonyl (C=O) groups excluding carboxylic acids is 1. The molecule has 0 fully saturated rings. The number of pyridine rings is 1. The summed E-state index contributed by atoms with van der Waals surface area (Å²) in [5, 5.41) is 0.611. The van der Waals surface area contributed by atoms with Crippen LogP contribution in [0, 0.1) is 0 Å². The molecular weight excluding hydrogens is 460 g/mol. The summed E-state index contributed by atoms with van der Waals surface area (Å²) in [6, 6.07) is 23.4. The van der Waals surface area contributed by atoms with Crippen molar-refractivity contribution in [3.8, 4) is 17.4 Å². The van der Waals surface area contributed by atoms with Gasteiger partial charge in [0.25, 0.3) is 0 Å². The largest absolute Gasteiger partial charge is 0.497 e. The van der Waals surface area contributed by atoms with Crippen LogP contribution >= 0.6 is 11.6 Å². The van der Waals surface area contributed by atoms with Gasteiger partial charge in [0.15, 0.2) is 5.78 Å². The van der Waals surface area contributed by atoms with Crippen molar-refractivity contribution in [3.05, 3.63) is 111 Å². The van der Waals surface area contributed by atoms with Crippen LogP contribution in [-0.2, 0) is 6.42 Å². The minimum atomic E-state index is -0.328. The topological polar surface area (TPSA) is 74.4 Å². The van der Waals surface area contributed by atoms with Gasteiger partial charge < -0.3 is 15.2 Å². The molecule has 1 aliphatic carbocycles. The molecule has 0 amide bonds. The van der Waals surface area contributed by atoms with Crippen molar-refractivity contribution in [3.63, 3.8) is 0 Å². The summed E-state index contributed by atoms with van der Waals surface area (Å²) in [6.07, 6.45) is 1.01. The van der Waals surface area contributed by atoms with Crippen molar-refractivity contribution < 1.29 is 14.3 Å². The number of hydrogen-bond acceptors (Lipinski definition) is 5. The van der Waals surface area contributed by atoms with E-state index in [0.717, 1.165) is 16.7 Å². The van der Waals surface area contributed by atoms with Crippen LogP contribution in [-0.4, -0.2) is 17.9 Å². The zero-order chi connectivity index (χ0) is 24.1. The normalized spacial score (nSPS) is 18.2. The molecule has 2 N–H and O–H groups in total. The second-order valence-electron chi connectivity index (χ2n) is 8.97. The Morgan fingerprint density at radius 3 is 2.54 bits per heavy atom. The molecule has 2 heterocycles. The molecule has 2 atom stereocenters. The van der Waals surface area contributed by atoms with Crippen LogP contribution in [0.2, 0.25) is 5.02 Å². The fourth-order valence-electron chi connectivity index (χ4n) is 5.31. The van der Waals surface area contributed by atoms with Crippen LogP contribution in [0.1, 0.15) is 56.6 Å². The third-order valence-corrected chi connectivity index (χ3v) is 7.32. The fraction of sp³-hybridized carbons (Fsp3) is 0.172. The zero-order valence-electron chi connectivity index (χ0n) is 19.1. The Labute approximate surface area is 208 Å². The Morgan fingerprint density at radius 1 is 1.00 bits per heavy atom. The minimum Gasteiger partial charge on any atom is -0.497 e. The minimum absolute atomic E-state index is 0.00587. The smallest absolute Gasteiger partial charge is 0.225 e. The second kappa shape index (κ2) is 8.43. The lowest BCUT2D eigenvalue weighted by molar-refractivity contribution is 0.0964. The van der Waals surface area contributed by atoms with E-state index in [1.165, 1.54) is 0 Å². The molecule has 1 aliphatic heterocycles. The van der Waals surface area contributed by atoms with Crippen molar-refractivity contribution in [2.24, 2.45) is 0 Å². The molecule has 3 aromatic carbocycles. The molecule has 0 saturated carbocycles. The monoisotopic (exact) mass is 482 g/mol. The Hall–Kier alpha value is -3.83. The predicted octanol–water partition coefficient (Wildman–Crippen LogP) is 6.52.